The molecule has 1 aromatic rings. The molecule has 1 heterocycles. The summed E-state index contributed by atoms with van der Waals surface area (Å²) in [5, 5.41) is 0. The largest absolute Gasteiger partial charge is 0.360 e. The third-order valence-electron chi connectivity index (χ3n) is 1.08. The van der Waals surface area contributed by atoms with Crippen molar-refractivity contribution in [1.29, 1.82) is 0 Å². The Kier molecular flexibility index (Phi) is 3.09. The van der Waals surface area contributed by atoms with Crippen LogP contribution in [0.25, 0.3) is 0 Å². The Hall–Kier alpha value is -0.700. The Balaban J connectivity index is 2.40. The number of hydrogen-bond acceptors (Lipinski definition) is 2. The first-order chi connectivity index (χ1) is 4.93. The third kappa shape index (κ3) is 2.27. The zero-order chi connectivity index (χ0) is 7.23. The Morgan fingerprint density at radius 1 is 1.70 bits per heavy atom. The average molecular weight is 154 g/mol. The van der Waals surface area contributed by atoms with E-state index in [1.54, 1.807) is 0 Å². The van der Waals surface area contributed by atoms with Gasteiger partial charge in [-0.1, -0.05) is 0 Å². The Bertz CT molecular complexity index is 191. The molecule has 54 valence electrons. The highest BCUT2D eigenvalue weighted by Gasteiger charge is 1.82. The lowest BCUT2D eigenvalue weighted by Gasteiger charge is -1.84. The standard InChI is InChI=1S/C7H10N2S/c10-5-4-8-6-7-2-1-3-9-7/h1-3,6,9-10H,4-5H2. The summed E-state index contributed by atoms with van der Waals surface area (Å²) in [6.07, 6.45) is 3.69. The molecular formula is C7H10N2S. The van der Waals surface area contributed by atoms with E-state index in [2.05, 4.69) is 22.6 Å². The van der Waals surface area contributed by atoms with Crippen molar-refractivity contribution in [1.82, 2.24) is 4.98 Å². The second kappa shape index (κ2) is 4.17. The number of aromatic nitrogens is 1. The lowest BCUT2D eigenvalue weighted by molar-refractivity contribution is 1.16. The van der Waals surface area contributed by atoms with Crippen molar-refractivity contribution in [2.24, 2.45) is 4.99 Å². The number of nitrogens with one attached hydrogen (secondary N) is 1. The number of aliphatic imine (C=N–C) groups is 1. The summed E-state index contributed by atoms with van der Waals surface area (Å²) in [7, 11) is 0. The smallest absolute Gasteiger partial charge is 0.0561 e. The summed E-state index contributed by atoms with van der Waals surface area (Å²) >= 11 is 4.03. The van der Waals surface area contributed by atoms with E-state index in [0.717, 1.165) is 18.0 Å². The van der Waals surface area contributed by atoms with Crippen LogP contribution in [-0.2, 0) is 0 Å². The molecule has 1 aromatic heterocycles. The van der Waals surface area contributed by atoms with Gasteiger partial charge in [-0.15, -0.1) is 0 Å². The second-order valence-corrected chi connectivity index (χ2v) is 2.33. The molecule has 0 amide bonds. The maximum absolute atomic E-state index is 4.10. The maximum Gasteiger partial charge on any atom is 0.0561 e. The average Bonchev–Trinajstić information content (AvgIpc) is 2.41. The molecule has 3 heteroatoms. The molecule has 0 unspecified atom stereocenters. The van der Waals surface area contributed by atoms with Crippen LogP contribution in [0.2, 0.25) is 0 Å². The maximum atomic E-state index is 4.10. The summed E-state index contributed by atoms with van der Waals surface area (Å²) < 4.78 is 0. The number of rotatable bonds is 3. The Morgan fingerprint density at radius 2 is 2.60 bits per heavy atom. The SMILES string of the molecule is SCCN=Cc1ccc[nH]1. The van der Waals surface area contributed by atoms with Crippen molar-refractivity contribution >= 4 is 18.8 Å². The predicted octanol–water partition coefficient (Wildman–Crippen LogP) is 1.36. The van der Waals surface area contributed by atoms with Gasteiger partial charge in [0.1, 0.15) is 0 Å². The quantitative estimate of drug-likeness (QED) is 0.486. The molecule has 0 aromatic carbocycles. The number of H-pyrrole nitrogens is 1. The van der Waals surface area contributed by atoms with E-state index in [9.17, 15) is 0 Å². The topological polar surface area (TPSA) is 28.1 Å². The van der Waals surface area contributed by atoms with Gasteiger partial charge in [0.15, 0.2) is 0 Å². The first-order valence-corrected chi connectivity index (χ1v) is 3.81. The van der Waals surface area contributed by atoms with Gasteiger partial charge in [-0.3, -0.25) is 4.99 Å². The van der Waals surface area contributed by atoms with E-state index < -0.39 is 0 Å². The molecule has 10 heavy (non-hydrogen) atoms. The summed E-state index contributed by atoms with van der Waals surface area (Å²) in [6, 6.07) is 3.92. The molecule has 0 saturated heterocycles. The van der Waals surface area contributed by atoms with Gasteiger partial charge in [-0.25, -0.2) is 0 Å². The minimum Gasteiger partial charge on any atom is -0.360 e. The van der Waals surface area contributed by atoms with E-state index >= 15 is 0 Å². The van der Waals surface area contributed by atoms with Crippen LogP contribution >= 0.6 is 12.6 Å². The molecule has 0 saturated carbocycles. The highest BCUT2D eigenvalue weighted by atomic mass is 32.1. The van der Waals surface area contributed by atoms with Gasteiger partial charge in [0.05, 0.1) is 5.69 Å². The number of aromatic amines is 1. The molecule has 1 rings (SSSR count). The first-order valence-electron chi connectivity index (χ1n) is 3.17. The van der Waals surface area contributed by atoms with Gasteiger partial charge in [0.25, 0.3) is 0 Å². The number of hydrogen-bond donors (Lipinski definition) is 2. The summed E-state index contributed by atoms with van der Waals surface area (Å²) in [5.74, 6) is 0.803. The van der Waals surface area contributed by atoms with E-state index in [-0.39, 0.29) is 0 Å². The van der Waals surface area contributed by atoms with Gasteiger partial charge in [0.2, 0.25) is 0 Å². The summed E-state index contributed by atoms with van der Waals surface area (Å²) in [6.45, 7) is 0.780. The van der Waals surface area contributed by atoms with Crippen LogP contribution in [0.1, 0.15) is 5.69 Å². The van der Waals surface area contributed by atoms with Crippen molar-refractivity contribution in [2.75, 3.05) is 12.3 Å². The molecule has 0 aliphatic heterocycles. The zero-order valence-corrected chi connectivity index (χ0v) is 6.51. The number of thiol groups is 1. The third-order valence-corrected chi connectivity index (χ3v) is 1.28. The molecule has 0 radical (unpaired) electrons. The lowest BCUT2D eigenvalue weighted by atomic mass is 10.5. The molecule has 0 fully saturated rings. The molecule has 1 N–H and O–H groups in total. The zero-order valence-electron chi connectivity index (χ0n) is 5.62. The van der Waals surface area contributed by atoms with Gasteiger partial charge in [-0.2, -0.15) is 12.6 Å². The minimum absolute atomic E-state index is 0.780. The van der Waals surface area contributed by atoms with E-state index in [1.165, 1.54) is 0 Å². The first kappa shape index (κ1) is 7.41. The van der Waals surface area contributed by atoms with E-state index in [4.69, 9.17) is 0 Å². The van der Waals surface area contributed by atoms with Gasteiger partial charge in [-0.05, 0) is 12.1 Å². The van der Waals surface area contributed by atoms with Crippen molar-refractivity contribution < 1.29 is 0 Å². The molecule has 0 spiro atoms. The predicted molar refractivity (Wildman–Crippen MR) is 47.1 cm³/mol. The van der Waals surface area contributed by atoms with Crippen LogP contribution in [0.4, 0.5) is 0 Å². The Labute approximate surface area is 65.8 Å². The van der Waals surface area contributed by atoms with Crippen LogP contribution in [0, 0.1) is 0 Å². The molecular weight excluding hydrogens is 144 g/mol. The Morgan fingerprint density at radius 3 is 3.20 bits per heavy atom. The fourth-order valence-electron chi connectivity index (χ4n) is 0.645. The van der Waals surface area contributed by atoms with Crippen LogP contribution in [0.5, 0.6) is 0 Å². The highest BCUT2D eigenvalue weighted by molar-refractivity contribution is 7.80. The van der Waals surface area contributed by atoms with Gasteiger partial charge >= 0.3 is 0 Å². The van der Waals surface area contributed by atoms with Crippen LogP contribution in [0.3, 0.4) is 0 Å². The van der Waals surface area contributed by atoms with Crippen LogP contribution < -0.4 is 0 Å². The van der Waals surface area contributed by atoms with Crippen LogP contribution in [-0.4, -0.2) is 23.5 Å². The lowest BCUT2D eigenvalue weighted by Crippen LogP contribution is -1.84. The normalized spacial score (nSPS) is 10.9. The molecule has 0 aliphatic rings. The summed E-state index contributed by atoms with van der Waals surface area (Å²) in [5.41, 5.74) is 1.04. The van der Waals surface area contributed by atoms with Crippen molar-refractivity contribution in [3.63, 3.8) is 0 Å². The molecule has 0 bridgehead atoms. The van der Waals surface area contributed by atoms with Crippen molar-refractivity contribution in [3.8, 4) is 0 Å². The van der Waals surface area contributed by atoms with Crippen LogP contribution in [0.15, 0.2) is 23.3 Å². The van der Waals surface area contributed by atoms with Gasteiger partial charge in [0, 0.05) is 24.7 Å². The monoisotopic (exact) mass is 154 g/mol. The van der Waals surface area contributed by atoms with Crippen molar-refractivity contribution in [3.05, 3.63) is 24.0 Å². The molecule has 0 atom stereocenters. The minimum atomic E-state index is 0.780. The molecule has 0 aliphatic carbocycles. The second-order valence-electron chi connectivity index (χ2n) is 1.88. The van der Waals surface area contributed by atoms with Gasteiger partial charge < -0.3 is 4.98 Å². The van der Waals surface area contributed by atoms with E-state index in [0.29, 0.717) is 0 Å². The number of nitrogens with zero attached hydrogens (tertiary/aromatic N) is 1. The highest BCUT2D eigenvalue weighted by Crippen LogP contribution is 1.88. The fraction of sp³-hybridized carbons (Fsp3) is 0.286. The summed E-state index contributed by atoms with van der Waals surface area (Å²) in [4.78, 5) is 7.12. The van der Waals surface area contributed by atoms with Crippen molar-refractivity contribution in [2.45, 2.75) is 0 Å². The fourth-order valence-corrected chi connectivity index (χ4v) is 0.761. The molecule has 2 nitrogen and oxygen atoms in total. The van der Waals surface area contributed by atoms with E-state index in [1.807, 2.05) is 24.5 Å².